The molecule has 0 aliphatic heterocycles. The smallest absolute Gasteiger partial charge is 0.153 e. The Morgan fingerprint density at radius 3 is 2.43 bits per heavy atom. The lowest BCUT2D eigenvalue weighted by Crippen LogP contribution is -2.23. The normalized spacial score (nSPS) is 21.0. The van der Waals surface area contributed by atoms with Crippen LogP contribution in [0.5, 0.6) is 0 Å². The maximum atomic E-state index is 12.2. The average molecular weight is 611 g/mol. The highest BCUT2D eigenvalue weighted by molar-refractivity contribution is 7.92. The van der Waals surface area contributed by atoms with Crippen LogP contribution in [-0.4, -0.2) is 59.4 Å². The van der Waals surface area contributed by atoms with Crippen molar-refractivity contribution in [3.63, 3.8) is 0 Å². The Bertz CT molecular complexity index is 1840. The van der Waals surface area contributed by atoms with Crippen LogP contribution in [0, 0.1) is 5.92 Å². The Kier molecular flexibility index (Phi) is 7.53. The molecule has 0 amide bonds. The second kappa shape index (κ2) is 10.8. The molecule has 8 nitrogen and oxygen atoms in total. The molecule has 2 aliphatic rings. The Balaban J connectivity index is 1.26. The Morgan fingerprint density at radius 1 is 1.05 bits per heavy atom. The summed E-state index contributed by atoms with van der Waals surface area (Å²) in [5.74, 6) is 1.30. The number of nitrogens with zero attached hydrogens (tertiary/aromatic N) is 3. The summed E-state index contributed by atoms with van der Waals surface area (Å²) in [6.07, 6.45) is 14.4. The predicted octanol–water partition coefficient (Wildman–Crippen LogP) is 6.38. The highest BCUT2D eigenvalue weighted by atomic mass is 32.2. The molecular formula is C32H42N4O4S2. The number of hydrogen-bond acceptors (Lipinski definition) is 6. The topological polar surface area (TPSA) is 115 Å². The van der Waals surface area contributed by atoms with E-state index in [2.05, 4.69) is 35.9 Å². The molecule has 0 atom stereocenters. The number of hydrogen-bond donors (Lipinski definition) is 1. The zero-order chi connectivity index (χ0) is 29.9. The number of pyridine rings is 2. The summed E-state index contributed by atoms with van der Waals surface area (Å²) in [4.78, 5) is 13.5. The first-order valence-corrected chi connectivity index (χ1v) is 19.1. The van der Waals surface area contributed by atoms with Gasteiger partial charge in [0.15, 0.2) is 9.84 Å². The van der Waals surface area contributed by atoms with Crippen LogP contribution in [0.4, 0.5) is 0 Å². The van der Waals surface area contributed by atoms with Crippen LogP contribution in [-0.2, 0) is 26.2 Å². The number of rotatable bonds is 10. The minimum Gasteiger partial charge on any atom is -0.353 e. The number of fused-ring (bicyclic) bond motifs is 2. The minimum atomic E-state index is -3.11. The van der Waals surface area contributed by atoms with Crippen LogP contribution in [0.1, 0.15) is 88.3 Å². The molecule has 2 fully saturated rings. The van der Waals surface area contributed by atoms with Crippen LogP contribution in [0.2, 0.25) is 0 Å². The van der Waals surface area contributed by atoms with Crippen LogP contribution in [0.25, 0.3) is 33.3 Å². The second-order valence-corrected chi connectivity index (χ2v) is 17.8. The van der Waals surface area contributed by atoms with Crippen molar-refractivity contribution in [3.05, 3.63) is 47.9 Å². The zero-order valence-corrected chi connectivity index (χ0v) is 26.7. The van der Waals surface area contributed by atoms with E-state index in [9.17, 15) is 16.8 Å². The lowest BCUT2D eigenvalue weighted by molar-refractivity contribution is 0.300. The van der Waals surface area contributed by atoms with Crippen molar-refractivity contribution in [2.45, 2.75) is 88.3 Å². The molecule has 4 aromatic heterocycles. The number of nitrogens with one attached hydrogen (secondary N) is 1. The molecule has 10 heteroatoms. The van der Waals surface area contributed by atoms with E-state index in [0.29, 0.717) is 18.4 Å². The van der Waals surface area contributed by atoms with E-state index in [-0.39, 0.29) is 11.7 Å². The summed E-state index contributed by atoms with van der Waals surface area (Å²) < 4.78 is 49.7. The van der Waals surface area contributed by atoms with E-state index in [1.807, 2.05) is 22.9 Å². The van der Waals surface area contributed by atoms with Gasteiger partial charge in [0.05, 0.1) is 27.2 Å². The lowest BCUT2D eigenvalue weighted by Gasteiger charge is -2.29. The van der Waals surface area contributed by atoms with Gasteiger partial charge in [-0.05, 0) is 87.5 Å². The molecule has 4 aromatic rings. The van der Waals surface area contributed by atoms with E-state index >= 15 is 0 Å². The monoisotopic (exact) mass is 610 g/mol. The summed E-state index contributed by atoms with van der Waals surface area (Å²) in [6, 6.07) is 8.28. The number of aromatic nitrogens is 4. The second-order valence-electron chi connectivity index (χ2n) is 13.2. The fourth-order valence-electron chi connectivity index (χ4n) is 7.02. The van der Waals surface area contributed by atoms with E-state index in [1.54, 1.807) is 6.20 Å². The average Bonchev–Trinajstić information content (AvgIpc) is 3.53. The molecule has 0 bridgehead atoms. The van der Waals surface area contributed by atoms with Crippen molar-refractivity contribution in [2.24, 2.45) is 5.92 Å². The van der Waals surface area contributed by atoms with Crippen LogP contribution in [0.15, 0.2) is 36.7 Å². The van der Waals surface area contributed by atoms with Crippen molar-refractivity contribution in [1.82, 2.24) is 19.5 Å². The lowest BCUT2D eigenvalue weighted by atomic mass is 9.78. The van der Waals surface area contributed by atoms with Crippen molar-refractivity contribution >= 4 is 41.7 Å². The van der Waals surface area contributed by atoms with E-state index in [1.165, 1.54) is 18.1 Å². The van der Waals surface area contributed by atoms with Gasteiger partial charge in [0.1, 0.15) is 15.5 Å². The van der Waals surface area contributed by atoms with Gasteiger partial charge < -0.3 is 9.55 Å². The van der Waals surface area contributed by atoms with Crippen molar-refractivity contribution in [3.8, 4) is 11.3 Å². The first-order chi connectivity index (χ1) is 19.9. The molecule has 1 N–H and O–H groups in total. The zero-order valence-electron chi connectivity index (χ0n) is 25.1. The summed E-state index contributed by atoms with van der Waals surface area (Å²) in [5, 5.41) is 0.988. The molecule has 0 radical (unpaired) electrons. The van der Waals surface area contributed by atoms with Gasteiger partial charge in [-0.15, -0.1) is 0 Å². The molecule has 0 saturated heterocycles. The van der Waals surface area contributed by atoms with Crippen molar-refractivity contribution in [2.75, 3.05) is 18.3 Å². The molecule has 226 valence electrons. The number of sulfone groups is 2. The SMILES string of the molecule is CC(C)c1c(-c2cn(CCS(C)(=O)=O)c3ncccc23)[nH]c2ccc(C3CCC(CCC4(S(C)(=O)=O)CC4)CC3)nc12. The van der Waals surface area contributed by atoms with E-state index in [4.69, 9.17) is 4.98 Å². The number of H-pyrrole nitrogens is 1. The largest absolute Gasteiger partial charge is 0.353 e. The first kappa shape index (κ1) is 29.4. The third-order valence-corrected chi connectivity index (χ3v) is 12.9. The molecule has 2 aliphatic carbocycles. The summed E-state index contributed by atoms with van der Waals surface area (Å²) in [6.45, 7) is 4.73. The fraction of sp³-hybridized carbons (Fsp3) is 0.562. The summed E-state index contributed by atoms with van der Waals surface area (Å²) in [5.41, 5.74) is 7.12. The van der Waals surface area contributed by atoms with E-state index < -0.39 is 24.4 Å². The maximum absolute atomic E-state index is 12.2. The predicted molar refractivity (Wildman–Crippen MR) is 169 cm³/mol. The van der Waals surface area contributed by atoms with Crippen molar-refractivity contribution < 1.29 is 16.8 Å². The Labute approximate surface area is 249 Å². The molecule has 4 heterocycles. The first-order valence-electron chi connectivity index (χ1n) is 15.2. The van der Waals surface area contributed by atoms with Crippen LogP contribution in [0.3, 0.4) is 0 Å². The molecule has 42 heavy (non-hydrogen) atoms. The molecule has 6 rings (SSSR count). The van der Waals surface area contributed by atoms with Crippen molar-refractivity contribution in [1.29, 1.82) is 0 Å². The van der Waals surface area contributed by atoms with Gasteiger partial charge >= 0.3 is 0 Å². The molecule has 0 spiro atoms. The number of aryl methyl sites for hydroxylation is 1. The third-order valence-electron chi connectivity index (χ3n) is 9.75. The van der Waals surface area contributed by atoms with Gasteiger partial charge in [-0.2, -0.15) is 0 Å². The van der Waals surface area contributed by atoms with Crippen LogP contribution < -0.4 is 0 Å². The quantitative estimate of drug-likeness (QED) is 0.223. The summed E-state index contributed by atoms with van der Waals surface area (Å²) in [7, 11) is -6.07. The summed E-state index contributed by atoms with van der Waals surface area (Å²) >= 11 is 0. The van der Waals surface area contributed by atoms with Crippen LogP contribution >= 0.6 is 0 Å². The van der Waals surface area contributed by atoms with Gasteiger partial charge in [-0.25, -0.2) is 21.8 Å². The van der Waals surface area contributed by atoms with Gasteiger partial charge in [0, 0.05) is 59.6 Å². The fourth-order valence-corrected chi connectivity index (χ4v) is 8.88. The standard InChI is InChI=1S/C32H42N4O4S2/c1-21(2)28-29(25-20-36(18-19-41(3,37)38)31-24(25)6-5-17-33-31)35-27-12-11-26(34-30(27)28)23-9-7-22(8-10-23)13-14-32(15-16-32)42(4,39)40/h5-6,11-12,17,20-23,35H,7-10,13-16,18-19H2,1-4H3. The van der Waals surface area contributed by atoms with E-state index in [0.717, 1.165) is 90.4 Å². The molecular weight excluding hydrogens is 569 g/mol. The molecule has 0 aromatic carbocycles. The Hall–Kier alpha value is -2.72. The molecule has 2 saturated carbocycles. The van der Waals surface area contributed by atoms with Gasteiger partial charge in [0.25, 0.3) is 0 Å². The maximum Gasteiger partial charge on any atom is 0.153 e. The minimum absolute atomic E-state index is 0.0578. The van der Waals surface area contributed by atoms with Gasteiger partial charge in [-0.1, -0.05) is 13.8 Å². The number of aromatic amines is 1. The molecule has 0 unspecified atom stereocenters. The highest BCUT2D eigenvalue weighted by Gasteiger charge is 2.51. The Morgan fingerprint density at radius 2 is 1.79 bits per heavy atom. The van der Waals surface area contributed by atoms with Gasteiger partial charge in [-0.3, -0.25) is 4.98 Å². The van der Waals surface area contributed by atoms with Gasteiger partial charge in [0.2, 0.25) is 0 Å². The highest BCUT2D eigenvalue weighted by Crippen LogP contribution is 2.49. The third kappa shape index (κ3) is 5.64.